The van der Waals surface area contributed by atoms with Crippen LogP contribution in [0.3, 0.4) is 0 Å². The summed E-state index contributed by atoms with van der Waals surface area (Å²) in [6, 6.07) is 0. The van der Waals surface area contributed by atoms with Crippen molar-refractivity contribution in [1.29, 1.82) is 0 Å². The highest BCUT2D eigenvalue weighted by Gasteiger charge is 2.72. The lowest BCUT2D eigenvalue weighted by Crippen LogP contribution is -2.59. The molecule has 4 aliphatic rings. The summed E-state index contributed by atoms with van der Waals surface area (Å²) in [5, 5.41) is 28.3. The van der Waals surface area contributed by atoms with Gasteiger partial charge in [0.05, 0.1) is 6.10 Å². The van der Waals surface area contributed by atoms with E-state index in [0.717, 1.165) is 32.6 Å². The first-order valence-electron chi connectivity index (χ1n) is 14.3. The van der Waals surface area contributed by atoms with Crippen molar-refractivity contribution in [2.24, 2.45) is 35.5 Å². The van der Waals surface area contributed by atoms with Crippen molar-refractivity contribution in [3.05, 3.63) is 0 Å². The van der Waals surface area contributed by atoms with Gasteiger partial charge in [-0.3, -0.25) is 4.79 Å². The van der Waals surface area contributed by atoms with Gasteiger partial charge in [0.25, 0.3) is 11.2 Å². The van der Waals surface area contributed by atoms with Gasteiger partial charge >= 0.3 is 30.7 Å². The second-order valence-electron chi connectivity index (χ2n) is 12.9. The van der Waals surface area contributed by atoms with E-state index in [2.05, 4.69) is 4.74 Å². The molecule has 0 aromatic rings. The zero-order chi connectivity index (χ0) is 34.6. The molecule has 8 atom stereocenters. The Morgan fingerprint density at radius 3 is 1.33 bits per heavy atom. The molecular weight excluding hydrogens is 648 g/mol. The summed E-state index contributed by atoms with van der Waals surface area (Å²) in [6.07, 6.45) is -25.7. The monoisotopic (exact) mass is 682 g/mol. The Kier molecular flexibility index (Phi) is 10.6. The zero-order valence-electron chi connectivity index (χ0n) is 23.8. The lowest BCUT2D eigenvalue weighted by atomic mass is 9.79. The van der Waals surface area contributed by atoms with Crippen LogP contribution in [-0.4, -0.2) is 75.2 Å². The van der Waals surface area contributed by atoms with Gasteiger partial charge in [-0.2, -0.15) is 52.7 Å². The lowest BCUT2D eigenvalue weighted by Gasteiger charge is -2.38. The Morgan fingerprint density at radius 2 is 1.02 bits per heavy atom. The number of fused-ring (bicyclic) bond motifs is 4. The maximum absolute atomic E-state index is 13.0. The predicted molar refractivity (Wildman–Crippen MR) is 128 cm³/mol. The van der Waals surface area contributed by atoms with Crippen molar-refractivity contribution in [1.82, 2.24) is 0 Å². The highest BCUT2D eigenvalue weighted by atomic mass is 19.4. The van der Waals surface area contributed by atoms with E-state index >= 15 is 0 Å². The molecule has 8 unspecified atom stereocenters. The van der Waals surface area contributed by atoms with E-state index in [1.54, 1.807) is 0 Å². The summed E-state index contributed by atoms with van der Waals surface area (Å²) in [7, 11) is 0. The highest BCUT2D eigenvalue weighted by molar-refractivity contribution is 6.32. The van der Waals surface area contributed by atoms with E-state index in [1.807, 2.05) is 0 Å². The number of hydrogen-bond acceptors (Lipinski definition) is 6. The number of aliphatic hydroxyl groups excluding tert-OH is 1. The van der Waals surface area contributed by atoms with Gasteiger partial charge in [0.1, 0.15) is 6.10 Å². The van der Waals surface area contributed by atoms with Gasteiger partial charge in [-0.05, 0) is 74.0 Å². The molecule has 0 aromatic carbocycles. The van der Waals surface area contributed by atoms with Gasteiger partial charge in [0.15, 0.2) is 0 Å². The van der Waals surface area contributed by atoms with Gasteiger partial charge in [-0.15, -0.1) is 0 Å². The number of esters is 1. The molecule has 0 spiro atoms. The molecule has 0 amide bonds. The molecule has 262 valence electrons. The van der Waals surface area contributed by atoms with Gasteiger partial charge < -0.3 is 20.1 Å². The number of hydrogen-bond donors (Lipinski definition) is 3. The van der Waals surface area contributed by atoms with Gasteiger partial charge in [-0.1, -0.05) is 12.8 Å². The summed E-state index contributed by atoms with van der Waals surface area (Å²) in [5.74, 6) is -3.72. The number of Topliss-reactive ketones (excluding diaryl/α,β-unsaturated/α-hetero) is 1. The molecule has 6 nitrogen and oxygen atoms in total. The van der Waals surface area contributed by atoms with E-state index in [1.165, 1.54) is 0 Å². The SMILES string of the molecule is CC(=O)C(=O)OC(CC(O)(C(F)(F)F)C(F)(F)F)C1CC2CCC1C2.OC(CC(O)(C(F)(F)F)C(F)(F)F)C1CC2CCC1C2. The van der Waals surface area contributed by atoms with Crippen molar-refractivity contribution in [3.63, 3.8) is 0 Å². The quantitative estimate of drug-likeness (QED) is 0.160. The first-order chi connectivity index (χ1) is 20.2. The van der Waals surface area contributed by atoms with E-state index in [4.69, 9.17) is 5.11 Å². The standard InChI is InChI=1S/C15H18F6O4.C12H16F6O2/c1-7(22)12(23)25-11(10-5-8-2-3-9(10)4-8)6-13(24,14(16,17)18)15(19,20)21;13-11(14,15)10(20,12(16,17)18)5-9(19)8-4-6-1-2-7(8)3-6/h8-11,24H,2-6H2,1H3;6-9,19-20H,1-5H2. The third-order valence-corrected chi connectivity index (χ3v) is 9.98. The summed E-state index contributed by atoms with van der Waals surface area (Å²) < 4.78 is 158. The van der Waals surface area contributed by atoms with Gasteiger partial charge in [0, 0.05) is 19.8 Å². The number of rotatable bonds is 8. The summed E-state index contributed by atoms with van der Waals surface area (Å²) >= 11 is 0. The number of halogens is 12. The van der Waals surface area contributed by atoms with Crippen molar-refractivity contribution in [3.8, 4) is 0 Å². The number of ether oxygens (including phenoxy) is 1. The number of alkyl halides is 12. The fourth-order valence-electron chi connectivity index (χ4n) is 7.54. The number of ketones is 1. The van der Waals surface area contributed by atoms with Crippen LogP contribution in [0.5, 0.6) is 0 Å². The Labute approximate surface area is 249 Å². The zero-order valence-corrected chi connectivity index (χ0v) is 23.8. The Morgan fingerprint density at radius 1 is 0.644 bits per heavy atom. The highest BCUT2D eigenvalue weighted by Crippen LogP contribution is 2.55. The fourth-order valence-corrected chi connectivity index (χ4v) is 7.54. The molecule has 4 fully saturated rings. The van der Waals surface area contributed by atoms with Crippen LogP contribution < -0.4 is 0 Å². The molecule has 45 heavy (non-hydrogen) atoms. The second kappa shape index (κ2) is 12.7. The second-order valence-corrected chi connectivity index (χ2v) is 12.9. The van der Waals surface area contributed by atoms with Crippen molar-refractivity contribution >= 4 is 11.8 Å². The maximum Gasteiger partial charge on any atom is 0.426 e. The van der Waals surface area contributed by atoms with Crippen LogP contribution in [0.15, 0.2) is 0 Å². The Bertz CT molecular complexity index is 1040. The maximum atomic E-state index is 13.0. The molecule has 4 bridgehead atoms. The molecule has 4 rings (SSSR count). The molecule has 18 heteroatoms. The topological polar surface area (TPSA) is 104 Å². The number of carbonyl (C=O) groups is 2. The molecule has 0 aromatic heterocycles. The largest absolute Gasteiger partial charge is 0.456 e. The van der Waals surface area contributed by atoms with E-state index < -0.39 is 84.5 Å². The first-order valence-corrected chi connectivity index (χ1v) is 14.3. The molecule has 0 aliphatic heterocycles. The van der Waals surface area contributed by atoms with Gasteiger partial charge in [0.2, 0.25) is 5.78 Å². The van der Waals surface area contributed by atoms with E-state index in [9.17, 15) is 72.5 Å². The third-order valence-electron chi connectivity index (χ3n) is 9.98. The van der Waals surface area contributed by atoms with E-state index in [-0.39, 0.29) is 23.7 Å². The van der Waals surface area contributed by atoms with E-state index in [0.29, 0.717) is 25.7 Å². The van der Waals surface area contributed by atoms with Crippen molar-refractivity contribution in [2.75, 3.05) is 0 Å². The van der Waals surface area contributed by atoms with Crippen LogP contribution in [0, 0.1) is 35.5 Å². The van der Waals surface area contributed by atoms with Crippen LogP contribution in [0.2, 0.25) is 0 Å². The third kappa shape index (κ3) is 7.68. The van der Waals surface area contributed by atoms with Crippen LogP contribution in [0.1, 0.15) is 71.1 Å². The summed E-state index contributed by atoms with van der Waals surface area (Å²) in [4.78, 5) is 22.5. The number of aliphatic hydroxyl groups is 3. The van der Waals surface area contributed by atoms with Crippen molar-refractivity contribution in [2.45, 2.75) is 119 Å². The van der Waals surface area contributed by atoms with Crippen molar-refractivity contribution < 1.29 is 82.3 Å². The molecule has 4 saturated carbocycles. The molecule has 0 radical (unpaired) electrons. The van der Waals surface area contributed by atoms with Gasteiger partial charge in [-0.25, -0.2) is 4.79 Å². The van der Waals surface area contributed by atoms with Crippen LogP contribution >= 0.6 is 0 Å². The minimum atomic E-state index is -6.00. The Balaban J connectivity index is 0.000000251. The molecule has 0 heterocycles. The lowest BCUT2D eigenvalue weighted by molar-refractivity contribution is -0.375. The molecule has 4 aliphatic carbocycles. The molecule has 3 N–H and O–H groups in total. The first kappa shape index (κ1) is 37.6. The molecule has 0 saturated heterocycles. The normalized spacial score (nSPS) is 30.1. The summed E-state index contributed by atoms with van der Waals surface area (Å²) in [5.41, 5.74) is -9.86. The average molecular weight is 683 g/mol. The van der Waals surface area contributed by atoms with Crippen LogP contribution in [0.4, 0.5) is 52.7 Å². The molecular formula is C27H34F12O6. The summed E-state index contributed by atoms with van der Waals surface area (Å²) in [6.45, 7) is 0.805. The predicted octanol–water partition coefficient (Wildman–Crippen LogP) is 6.20. The van der Waals surface area contributed by atoms with Crippen LogP contribution in [0.25, 0.3) is 0 Å². The smallest absolute Gasteiger partial charge is 0.426 e. The van der Waals surface area contributed by atoms with Crippen LogP contribution in [-0.2, 0) is 14.3 Å². The fraction of sp³-hybridized carbons (Fsp3) is 0.926. The Hall–Kier alpha value is -1.82. The minimum absolute atomic E-state index is 0.0271. The average Bonchev–Trinajstić information content (AvgIpc) is 3.68. The number of carbonyl (C=O) groups excluding carboxylic acids is 2. The minimum Gasteiger partial charge on any atom is -0.456 e.